The van der Waals surface area contributed by atoms with Crippen molar-refractivity contribution in [1.29, 1.82) is 0 Å². The second kappa shape index (κ2) is 4.06. The SMILES string of the molecule is CC1(C(C)(CN)N2CCCCCC2)CC1. The van der Waals surface area contributed by atoms with Gasteiger partial charge in [-0.2, -0.15) is 0 Å². The first-order valence-electron chi connectivity index (χ1n) is 6.57. The van der Waals surface area contributed by atoms with E-state index in [0.29, 0.717) is 5.41 Å². The fourth-order valence-corrected chi connectivity index (χ4v) is 3.05. The number of nitrogens with zero attached hydrogens (tertiary/aromatic N) is 1. The number of nitrogens with two attached hydrogens (primary N) is 1. The number of hydrogen-bond acceptors (Lipinski definition) is 2. The van der Waals surface area contributed by atoms with E-state index in [4.69, 9.17) is 5.73 Å². The molecule has 2 nitrogen and oxygen atoms in total. The van der Waals surface area contributed by atoms with E-state index in [1.54, 1.807) is 0 Å². The summed E-state index contributed by atoms with van der Waals surface area (Å²) in [7, 11) is 0. The Morgan fingerprint density at radius 3 is 2.07 bits per heavy atom. The lowest BCUT2D eigenvalue weighted by atomic mass is 9.82. The number of rotatable bonds is 3. The molecule has 1 heterocycles. The molecule has 0 spiro atoms. The Bertz CT molecular complexity index is 215. The van der Waals surface area contributed by atoms with Gasteiger partial charge in [0.25, 0.3) is 0 Å². The van der Waals surface area contributed by atoms with E-state index in [1.165, 1.54) is 51.6 Å². The average Bonchev–Trinajstić information content (AvgIpc) is 3.01. The smallest absolute Gasteiger partial charge is 0.0357 e. The fourth-order valence-electron chi connectivity index (χ4n) is 3.05. The summed E-state index contributed by atoms with van der Waals surface area (Å²) in [5.74, 6) is 0. The molecule has 0 radical (unpaired) electrons. The number of hydrogen-bond donors (Lipinski definition) is 1. The molecule has 0 bridgehead atoms. The minimum Gasteiger partial charge on any atom is -0.329 e. The lowest BCUT2D eigenvalue weighted by molar-refractivity contribution is 0.0507. The summed E-state index contributed by atoms with van der Waals surface area (Å²) in [5.41, 5.74) is 6.84. The summed E-state index contributed by atoms with van der Waals surface area (Å²) < 4.78 is 0. The van der Waals surface area contributed by atoms with Gasteiger partial charge in [0.1, 0.15) is 0 Å². The van der Waals surface area contributed by atoms with E-state index < -0.39 is 0 Å². The molecule has 2 fully saturated rings. The van der Waals surface area contributed by atoms with Gasteiger partial charge in [0.05, 0.1) is 0 Å². The van der Waals surface area contributed by atoms with E-state index in [0.717, 1.165) is 6.54 Å². The van der Waals surface area contributed by atoms with E-state index in [1.807, 2.05) is 0 Å². The van der Waals surface area contributed by atoms with Crippen LogP contribution in [0, 0.1) is 5.41 Å². The molecule has 0 amide bonds. The Hall–Kier alpha value is -0.0800. The molecule has 1 aliphatic carbocycles. The van der Waals surface area contributed by atoms with Crippen molar-refractivity contribution in [2.24, 2.45) is 11.1 Å². The lowest BCUT2D eigenvalue weighted by Crippen LogP contribution is -2.57. The average molecular weight is 210 g/mol. The zero-order valence-electron chi connectivity index (χ0n) is 10.4. The van der Waals surface area contributed by atoms with Crippen LogP contribution in [-0.2, 0) is 0 Å². The van der Waals surface area contributed by atoms with Crippen LogP contribution < -0.4 is 5.73 Å². The minimum absolute atomic E-state index is 0.261. The molecule has 1 saturated heterocycles. The largest absolute Gasteiger partial charge is 0.329 e. The van der Waals surface area contributed by atoms with Gasteiger partial charge in [-0.25, -0.2) is 0 Å². The van der Waals surface area contributed by atoms with Crippen molar-refractivity contribution < 1.29 is 0 Å². The van der Waals surface area contributed by atoms with Crippen molar-refractivity contribution in [3.63, 3.8) is 0 Å². The van der Waals surface area contributed by atoms with Crippen LogP contribution in [-0.4, -0.2) is 30.1 Å². The molecule has 1 saturated carbocycles. The first kappa shape index (κ1) is 11.4. The molecule has 2 heteroatoms. The van der Waals surface area contributed by atoms with Gasteiger partial charge in [-0.15, -0.1) is 0 Å². The third kappa shape index (κ3) is 1.94. The molecule has 1 aliphatic heterocycles. The van der Waals surface area contributed by atoms with Gasteiger partial charge in [0.2, 0.25) is 0 Å². The van der Waals surface area contributed by atoms with Gasteiger partial charge in [0, 0.05) is 12.1 Å². The number of likely N-dealkylation sites (tertiary alicyclic amines) is 1. The molecule has 88 valence electrons. The summed E-state index contributed by atoms with van der Waals surface area (Å²) in [5, 5.41) is 0. The molecule has 1 unspecified atom stereocenters. The molecule has 2 rings (SSSR count). The lowest BCUT2D eigenvalue weighted by Gasteiger charge is -2.45. The van der Waals surface area contributed by atoms with E-state index in [9.17, 15) is 0 Å². The van der Waals surface area contributed by atoms with Gasteiger partial charge in [0.15, 0.2) is 0 Å². The first-order valence-corrected chi connectivity index (χ1v) is 6.57. The Morgan fingerprint density at radius 1 is 1.13 bits per heavy atom. The third-order valence-corrected chi connectivity index (χ3v) is 5.00. The van der Waals surface area contributed by atoms with Gasteiger partial charge >= 0.3 is 0 Å². The van der Waals surface area contributed by atoms with Crippen molar-refractivity contribution in [1.82, 2.24) is 4.90 Å². The molecule has 0 aromatic rings. The van der Waals surface area contributed by atoms with Crippen LogP contribution in [0.15, 0.2) is 0 Å². The Labute approximate surface area is 94.2 Å². The molecule has 15 heavy (non-hydrogen) atoms. The summed E-state index contributed by atoms with van der Waals surface area (Å²) in [6, 6.07) is 0. The summed E-state index contributed by atoms with van der Waals surface area (Å²) >= 11 is 0. The monoisotopic (exact) mass is 210 g/mol. The van der Waals surface area contributed by atoms with Crippen LogP contribution in [0.5, 0.6) is 0 Å². The third-order valence-electron chi connectivity index (χ3n) is 5.00. The summed E-state index contributed by atoms with van der Waals surface area (Å²) in [6.45, 7) is 8.17. The van der Waals surface area contributed by atoms with Crippen molar-refractivity contribution in [3.05, 3.63) is 0 Å². The predicted octanol–water partition coefficient (Wildman–Crippen LogP) is 2.38. The molecule has 2 aliphatic rings. The van der Waals surface area contributed by atoms with Gasteiger partial charge in [-0.3, -0.25) is 4.90 Å². The summed E-state index contributed by atoms with van der Waals surface area (Å²) in [4.78, 5) is 2.69. The summed E-state index contributed by atoms with van der Waals surface area (Å²) in [6.07, 6.45) is 8.30. The van der Waals surface area contributed by atoms with Gasteiger partial charge in [-0.1, -0.05) is 19.8 Å². The van der Waals surface area contributed by atoms with Gasteiger partial charge in [-0.05, 0) is 51.1 Å². The maximum Gasteiger partial charge on any atom is 0.0357 e. The maximum atomic E-state index is 6.07. The highest BCUT2D eigenvalue weighted by Crippen LogP contribution is 2.55. The van der Waals surface area contributed by atoms with Crippen LogP contribution in [0.1, 0.15) is 52.4 Å². The highest BCUT2D eigenvalue weighted by atomic mass is 15.2. The van der Waals surface area contributed by atoms with Crippen LogP contribution in [0.25, 0.3) is 0 Å². The first-order chi connectivity index (χ1) is 7.12. The van der Waals surface area contributed by atoms with Crippen LogP contribution in [0.2, 0.25) is 0 Å². The topological polar surface area (TPSA) is 29.3 Å². The Kier molecular flexibility index (Phi) is 3.09. The van der Waals surface area contributed by atoms with E-state index in [2.05, 4.69) is 18.7 Å². The van der Waals surface area contributed by atoms with Crippen molar-refractivity contribution in [2.75, 3.05) is 19.6 Å². The second-order valence-electron chi connectivity index (χ2n) is 5.94. The predicted molar refractivity (Wildman–Crippen MR) is 64.8 cm³/mol. The van der Waals surface area contributed by atoms with Crippen molar-refractivity contribution >= 4 is 0 Å². The van der Waals surface area contributed by atoms with Crippen LogP contribution in [0.4, 0.5) is 0 Å². The molecule has 2 N–H and O–H groups in total. The fraction of sp³-hybridized carbons (Fsp3) is 1.00. The zero-order chi connectivity index (χ0) is 10.9. The highest BCUT2D eigenvalue weighted by Gasteiger charge is 2.54. The quantitative estimate of drug-likeness (QED) is 0.775. The van der Waals surface area contributed by atoms with Crippen LogP contribution in [0.3, 0.4) is 0 Å². The van der Waals surface area contributed by atoms with Crippen molar-refractivity contribution in [2.45, 2.75) is 57.9 Å². The van der Waals surface area contributed by atoms with E-state index >= 15 is 0 Å². The standard InChI is InChI=1S/C13H26N2/c1-12(7-8-12)13(2,11-14)15-9-5-3-4-6-10-15/h3-11,14H2,1-2H3. The van der Waals surface area contributed by atoms with Crippen LogP contribution >= 0.6 is 0 Å². The minimum atomic E-state index is 0.261. The second-order valence-corrected chi connectivity index (χ2v) is 5.94. The van der Waals surface area contributed by atoms with Gasteiger partial charge < -0.3 is 5.73 Å². The molecular formula is C13H26N2. The van der Waals surface area contributed by atoms with Crippen molar-refractivity contribution in [3.8, 4) is 0 Å². The van der Waals surface area contributed by atoms with E-state index in [-0.39, 0.29) is 5.54 Å². The Balaban J connectivity index is 2.09. The zero-order valence-corrected chi connectivity index (χ0v) is 10.4. The molecule has 1 atom stereocenters. The normalized spacial score (nSPS) is 30.6. The maximum absolute atomic E-state index is 6.07. The highest BCUT2D eigenvalue weighted by molar-refractivity contribution is 5.09. The Morgan fingerprint density at radius 2 is 1.67 bits per heavy atom. The molecular weight excluding hydrogens is 184 g/mol. The molecule has 0 aromatic carbocycles. The molecule has 0 aromatic heterocycles.